The van der Waals surface area contributed by atoms with E-state index in [1.54, 1.807) is 18.2 Å². The molecule has 0 radical (unpaired) electrons. The van der Waals surface area contributed by atoms with Crippen molar-refractivity contribution in [2.75, 3.05) is 31.5 Å². The maximum absolute atomic E-state index is 12.4. The Morgan fingerprint density at radius 2 is 1.97 bits per heavy atom. The standard InChI is InChI=1S/C23H23N5O3S/c1-26-18-7-6-16(24-22(29)20-5-3-13-32-20)14-17(18)25-21(26)15-27-8-10-28(11-9-27)23(30)19-4-2-12-31-19/h2-7,12-14H,8-11,15H2,1H3,(H,24,29). The van der Waals surface area contributed by atoms with Crippen LogP contribution in [0.5, 0.6) is 0 Å². The van der Waals surface area contributed by atoms with Gasteiger partial charge in [0.05, 0.1) is 28.7 Å². The van der Waals surface area contributed by atoms with E-state index < -0.39 is 0 Å². The number of nitrogens with one attached hydrogen (secondary N) is 1. The molecule has 5 rings (SSSR count). The quantitative estimate of drug-likeness (QED) is 0.505. The number of hydrogen-bond acceptors (Lipinski definition) is 6. The number of carbonyl (C=O) groups is 2. The third kappa shape index (κ3) is 4.04. The van der Waals surface area contributed by atoms with Crippen LogP contribution in [0.4, 0.5) is 5.69 Å². The monoisotopic (exact) mass is 449 g/mol. The zero-order valence-corrected chi connectivity index (χ0v) is 18.5. The van der Waals surface area contributed by atoms with Gasteiger partial charge < -0.3 is 19.2 Å². The summed E-state index contributed by atoms with van der Waals surface area (Å²) in [6, 6.07) is 12.9. The molecule has 4 aromatic rings. The van der Waals surface area contributed by atoms with Crippen LogP contribution in [0.25, 0.3) is 11.0 Å². The zero-order valence-electron chi connectivity index (χ0n) is 17.7. The fraction of sp³-hybridized carbons (Fsp3) is 0.261. The summed E-state index contributed by atoms with van der Waals surface area (Å²) in [5.74, 6) is 1.16. The molecular formula is C23H23N5O3S. The number of nitrogens with zero attached hydrogens (tertiary/aromatic N) is 4. The number of amides is 2. The molecule has 2 amide bonds. The molecule has 32 heavy (non-hydrogen) atoms. The second-order valence-corrected chi connectivity index (χ2v) is 8.72. The Balaban J connectivity index is 1.24. The van der Waals surface area contributed by atoms with E-state index in [9.17, 15) is 9.59 Å². The topological polar surface area (TPSA) is 83.6 Å². The summed E-state index contributed by atoms with van der Waals surface area (Å²) >= 11 is 1.41. The van der Waals surface area contributed by atoms with Gasteiger partial charge in [-0.05, 0) is 41.8 Å². The van der Waals surface area contributed by atoms with Gasteiger partial charge in [-0.2, -0.15) is 0 Å². The number of hydrogen-bond donors (Lipinski definition) is 1. The average Bonchev–Trinajstić information content (AvgIpc) is 3.57. The second kappa shape index (κ2) is 8.60. The van der Waals surface area contributed by atoms with Crippen molar-refractivity contribution in [1.29, 1.82) is 0 Å². The Morgan fingerprint density at radius 1 is 1.12 bits per heavy atom. The minimum atomic E-state index is -0.113. The molecule has 1 aromatic carbocycles. The number of thiophene rings is 1. The van der Waals surface area contributed by atoms with Crippen LogP contribution in [-0.2, 0) is 13.6 Å². The molecule has 3 aromatic heterocycles. The second-order valence-electron chi connectivity index (χ2n) is 7.77. The first-order valence-electron chi connectivity index (χ1n) is 10.4. The Labute approximate surface area is 189 Å². The van der Waals surface area contributed by atoms with Gasteiger partial charge in [-0.1, -0.05) is 6.07 Å². The van der Waals surface area contributed by atoms with E-state index in [0.29, 0.717) is 30.3 Å². The van der Waals surface area contributed by atoms with Gasteiger partial charge >= 0.3 is 0 Å². The van der Waals surface area contributed by atoms with Crippen molar-refractivity contribution in [2.24, 2.45) is 7.05 Å². The predicted octanol–water partition coefficient (Wildman–Crippen LogP) is 3.44. The van der Waals surface area contributed by atoms with Gasteiger partial charge in [0.1, 0.15) is 5.82 Å². The first kappa shape index (κ1) is 20.5. The highest BCUT2D eigenvalue weighted by Gasteiger charge is 2.24. The molecule has 1 aliphatic rings. The Bertz CT molecular complexity index is 1240. The third-order valence-electron chi connectivity index (χ3n) is 5.73. The van der Waals surface area contributed by atoms with Crippen LogP contribution in [0, 0.1) is 0 Å². The van der Waals surface area contributed by atoms with Crippen LogP contribution >= 0.6 is 11.3 Å². The molecule has 0 bridgehead atoms. The minimum absolute atomic E-state index is 0.0606. The van der Waals surface area contributed by atoms with Crippen LogP contribution in [0.2, 0.25) is 0 Å². The van der Waals surface area contributed by atoms with E-state index in [2.05, 4.69) is 14.8 Å². The molecule has 9 heteroatoms. The van der Waals surface area contributed by atoms with Crippen molar-refractivity contribution < 1.29 is 14.0 Å². The first-order chi connectivity index (χ1) is 15.6. The summed E-state index contributed by atoms with van der Waals surface area (Å²) in [5.41, 5.74) is 2.59. The molecule has 0 spiro atoms. The summed E-state index contributed by atoms with van der Waals surface area (Å²) in [7, 11) is 2.01. The fourth-order valence-electron chi connectivity index (χ4n) is 3.93. The summed E-state index contributed by atoms with van der Waals surface area (Å²) < 4.78 is 7.32. The Kier molecular flexibility index (Phi) is 5.50. The van der Waals surface area contributed by atoms with Crippen LogP contribution < -0.4 is 5.32 Å². The molecule has 4 heterocycles. The molecule has 1 aliphatic heterocycles. The molecular weight excluding hydrogens is 426 g/mol. The predicted molar refractivity (Wildman–Crippen MR) is 123 cm³/mol. The number of aryl methyl sites for hydroxylation is 1. The van der Waals surface area contributed by atoms with Gasteiger partial charge in [0.25, 0.3) is 11.8 Å². The lowest BCUT2D eigenvalue weighted by atomic mass is 10.2. The van der Waals surface area contributed by atoms with Gasteiger partial charge in [0, 0.05) is 38.9 Å². The Hall–Kier alpha value is -3.43. The van der Waals surface area contributed by atoms with Crippen LogP contribution in [-0.4, -0.2) is 57.3 Å². The van der Waals surface area contributed by atoms with E-state index in [0.717, 1.165) is 35.6 Å². The zero-order chi connectivity index (χ0) is 22.1. The minimum Gasteiger partial charge on any atom is -0.459 e. The average molecular weight is 450 g/mol. The SMILES string of the molecule is Cn1c(CN2CCN(C(=O)c3ccco3)CC2)nc2cc(NC(=O)c3cccs3)ccc21. The number of aromatic nitrogens is 2. The molecule has 8 nitrogen and oxygen atoms in total. The molecule has 1 fully saturated rings. The van der Waals surface area contributed by atoms with Crippen molar-refractivity contribution in [2.45, 2.75) is 6.54 Å². The number of imidazole rings is 1. The van der Waals surface area contributed by atoms with Gasteiger partial charge in [0.15, 0.2) is 5.76 Å². The summed E-state index contributed by atoms with van der Waals surface area (Å²) in [5, 5.41) is 4.83. The number of rotatable bonds is 5. The normalized spacial score (nSPS) is 14.7. The van der Waals surface area contributed by atoms with Crippen molar-refractivity contribution in [3.63, 3.8) is 0 Å². The first-order valence-corrected chi connectivity index (χ1v) is 11.3. The molecule has 0 aliphatic carbocycles. The van der Waals surface area contributed by atoms with E-state index in [1.165, 1.54) is 17.6 Å². The highest BCUT2D eigenvalue weighted by Crippen LogP contribution is 2.22. The fourth-order valence-corrected chi connectivity index (χ4v) is 4.55. The van der Waals surface area contributed by atoms with Crippen LogP contribution in [0.1, 0.15) is 26.1 Å². The lowest BCUT2D eigenvalue weighted by Crippen LogP contribution is -2.48. The van der Waals surface area contributed by atoms with Crippen molar-refractivity contribution in [1.82, 2.24) is 19.4 Å². The Morgan fingerprint density at radius 3 is 2.69 bits per heavy atom. The number of fused-ring (bicyclic) bond motifs is 1. The number of furan rings is 1. The molecule has 1 saturated heterocycles. The molecule has 0 unspecified atom stereocenters. The highest BCUT2D eigenvalue weighted by molar-refractivity contribution is 7.12. The molecule has 0 atom stereocenters. The van der Waals surface area contributed by atoms with Gasteiger partial charge in [-0.15, -0.1) is 11.3 Å². The van der Waals surface area contributed by atoms with E-state index in [-0.39, 0.29) is 11.8 Å². The molecule has 0 saturated carbocycles. The number of anilines is 1. The summed E-state index contributed by atoms with van der Waals surface area (Å²) in [6.07, 6.45) is 1.52. The van der Waals surface area contributed by atoms with Gasteiger partial charge in [0.2, 0.25) is 0 Å². The van der Waals surface area contributed by atoms with E-state index >= 15 is 0 Å². The van der Waals surface area contributed by atoms with Crippen LogP contribution in [0.3, 0.4) is 0 Å². The highest BCUT2D eigenvalue weighted by atomic mass is 32.1. The maximum atomic E-state index is 12.4. The summed E-state index contributed by atoms with van der Waals surface area (Å²) in [6.45, 7) is 3.56. The van der Waals surface area contributed by atoms with Gasteiger partial charge in [-0.25, -0.2) is 4.98 Å². The largest absolute Gasteiger partial charge is 0.459 e. The van der Waals surface area contributed by atoms with Crippen molar-refractivity contribution in [3.05, 3.63) is 70.6 Å². The van der Waals surface area contributed by atoms with Crippen molar-refractivity contribution >= 4 is 39.9 Å². The van der Waals surface area contributed by atoms with Crippen LogP contribution in [0.15, 0.2) is 58.5 Å². The molecule has 164 valence electrons. The van der Waals surface area contributed by atoms with Gasteiger partial charge in [-0.3, -0.25) is 14.5 Å². The van der Waals surface area contributed by atoms with E-state index in [4.69, 9.17) is 9.40 Å². The molecule has 1 N–H and O–H groups in total. The smallest absolute Gasteiger partial charge is 0.289 e. The summed E-state index contributed by atoms with van der Waals surface area (Å²) in [4.78, 5) is 34.4. The maximum Gasteiger partial charge on any atom is 0.289 e. The van der Waals surface area contributed by atoms with Crippen molar-refractivity contribution in [3.8, 4) is 0 Å². The third-order valence-corrected chi connectivity index (χ3v) is 6.60. The number of carbonyl (C=O) groups excluding carboxylic acids is 2. The lowest BCUT2D eigenvalue weighted by molar-refractivity contribution is 0.0594. The lowest BCUT2D eigenvalue weighted by Gasteiger charge is -2.34. The van der Waals surface area contributed by atoms with E-state index in [1.807, 2.05) is 41.6 Å². The number of benzene rings is 1. The number of piperazine rings is 1.